The Bertz CT molecular complexity index is 303. The molecule has 0 saturated carbocycles. The standard InChI is InChI=1S/C9H20N2O4S/c1-15-6-4-8(10)9(12)11-5-3-7-16(2,13)14/h8H,3-7,10H2,1-2H3,(H,11,12). The molecule has 6 nitrogen and oxygen atoms in total. The summed E-state index contributed by atoms with van der Waals surface area (Å²) in [4.78, 5) is 11.3. The van der Waals surface area contributed by atoms with Crippen LogP contribution in [-0.2, 0) is 19.4 Å². The Balaban J connectivity index is 3.65. The molecule has 16 heavy (non-hydrogen) atoms. The van der Waals surface area contributed by atoms with Gasteiger partial charge in [-0.05, 0) is 12.8 Å². The molecule has 0 aromatic heterocycles. The van der Waals surface area contributed by atoms with Crippen LogP contribution in [0.15, 0.2) is 0 Å². The number of carbonyl (C=O) groups is 1. The molecule has 0 rings (SSSR count). The van der Waals surface area contributed by atoms with Crippen molar-refractivity contribution in [2.45, 2.75) is 18.9 Å². The van der Waals surface area contributed by atoms with Crippen LogP contribution in [0.2, 0.25) is 0 Å². The Kier molecular flexibility index (Phi) is 7.27. The van der Waals surface area contributed by atoms with Gasteiger partial charge in [-0.15, -0.1) is 0 Å². The predicted molar refractivity (Wildman–Crippen MR) is 61.8 cm³/mol. The minimum Gasteiger partial charge on any atom is -0.385 e. The van der Waals surface area contributed by atoms with Crippen LogP contribution in [-0.4, -0.2) is 52.6 Å². The van der Waals surface area contributed by atoms with Gasteiger partial charge in [0, 0.05) is 26.5 Å². The first-order valence-electron chi connectivity index (χ1n) is 5.07. The minimum absolute atomic E-state index is 0.0700. The monoisotopic (exact) mass is 252 g/mol. The van der Waals surface area contributed by atoms with Gasteiger partial charge in [-0.2, -0.15) is 0 Å². The van der Waals surface area contributed by atoms with E-state index < -0.39 is 15.9 Å². The van der Waals surface area contributed by atoms with Crippen molar-refractivity contribution >= 4 is 15.7 Å². The van der Waals surface area contributed by atoms with E-state index in [4.69, 9.17) is 10.5 Å². The number of hydrogen-bond donors (Lipinski definition) is 2. The van der Waals surface area contributed by atoms with Gasteiger partial charge in [-0.1, -0.05) is 0 Å². The van der Waals surface area contributed by atoms with Crippen molar-refractivity contribution in [3.63, 3.8) is 0 Å². The van der Waals surface area contributed by atoms with Gasteiger partial charge in [0.05, 0.1) is 11.8 Å². The number of ether oxygens (including phenoxy) is 1. The van der Waals surface area contributed by atoms with E-state index in [1.807, 2.05) is 0 Å². The molecule has 96 valence electrons. The highest BCUT2D eigenvalue weighted by atomic mass is 32.2. The lowest BCUT2D eigenvalue weighted by molar-refractivity contribution is -0.122. The van der Waals surface area contributed by atoms with Gasteiger partial charge in [0.1, 0.15) is 9.84 Å². The zero-order valence-corrected chi connectivity index (χ0v) is 10.5. The molecule has 3 N–H and O–H groups in total. The molecule has 0 heterocycles. The van der Waals surface area contributed by atoms with Crippen molar-refractivity contribution in [2.75, 3.05) is 32.3 Å². The lowest BCUT2D eigenvalue weighted by Gasteiger charge is -2.11. The fourth-order valence-electron chi connectivity index (χ4n) is 1.05. The summed E-state index contributed by atoms with van der Waals surface area (Å²) in [5.74, 6) is -0.203. The van der Waals surface area contributed by atoms with Crippen molar-refractivity contribution in [3.8, 4) is 0 Å². The maximum absolute atomic E-state index is 11.3. The van der Waals surface area contributed by atoms with Crippen LogP contribution < -0.4 is 11.1 Å². The minimum atomic E-state index is -2.96. The molecule has 0 fully saturated rings. The SMILES string of the molecule is COCCC(N)C(=O)NCCCS(C)(=O)=O. The highest BCUT2D eigenvalue weighted by Gasteiger charge is 2.12. The molecule has 7 heteroatoms. The van der Waals surface area contributed by atoms with Crippen LogP contribution in [0, 0.1) is 0 Å². The lowest BCUT2D eigenvalue weighted by Crippen LogP contribution is -2.41. The summed E-state index contributed by atoms with van der Waals surface area (Å²) in [6.07, 6.45) is 2.02. The topological polar surface area (TPSA) is 98.5 Å². The molecule has 0 aromatic carbocycles. The smallest absolute Gasteiger partial charge is 0.237 e. The van der Waals surface area contributed by atoms with Gasteiger partial charge in [0.15, 0.2) is 0 Å². The molecule has 1 atom stereocenters. The molecule has 1 amide bonds. The number of hydrogen-bond acceptors (Lipinski definition) is 5. The zero-order chi connectivity index (χ0) is 12.6. The van der Waals surface area contributed by atoms with Gasteiger partial charge in [0.25, 0.3) is 0 Å². The Morgan fingerprint density at radius 1 is 1.50 bits per heavy atom. The molecule has 0 aromatic rings. The summed E-state index contributed by atoms with van der Waals surface area (Å²) in [7, 11) is -1.42. The number of methoxy groups -OCH3 is 1. The normalized spacial score (nSPS) is 13.4. The third-order valence-corrected chi connectivity index (χ3v) is 2.99. The number of nitrogens with one attached hydrogen (secondary N) is 1. The Labute approximate surface area is 96.4 Å². The van der Waals surface area contributed by atoms with Crippen molar-refractivity contribution in [3.05, 3.63) is 0 Å². The van der Waals surface area contributed by atoms with Crippen LogP contribution in [0.25, 0.3) is 0 Å². The summed E-state index contributed by atoms with van der Waals surface area (Å²) < 4.78 is 26.4. The second kappa shape index (κ2) is 7.59. The zero-order valence-electron chi connectivity index (χ0n) is 9.73. The third kappa shape index (κ3) is 8.63. The summed E-state index contributed by atoms with van der Waals surface area (Å²) in [6.45, 7) is 0.754. The summed E-state index contributed by atoms with van der Waals surface area (Å²) >= 11 is 0. The second-order valence-electron chi connectivity index (χ2n) is 3.66. The van der Waals surface area contributed by atoms with E-state index in [2.05, 4.69) is 5.32 Å². The molecular formula is C9H20N2O4S. The maximum atomic E-state index is 11.3. The summed E-state index contributed by atoms with van der Waals surface area (Å²) in [6, 6.07) is -0.599. The third-order valence-electron chi connectivity index (χ3n) is 1.96. The first-order valence-corrected chi connectivity index (χ1v) is 7.13. The molecule has 0 spiro atoms. The molecule has 0 aliphatic carbocycles. The van der Waals surface area contributed by atoms with Crippen LogP contribution in [0.5, 0.6) is 0 Å². The van der Waals surface area contributed by atoms with Gasteiger partial charge >= 0.3 is 0 Å². The molecular weight excluding hydrogens is 232 g/mol. The van der Waals surface area contributed by atoms with Gasteiger partial charge in [-0.3, -0.25) is 4.79 Å². The predicted octanol–water partition coefficient (Wildman–Crippen LogP) is -1.10. The Morgan fingerprint density at radius 2 is 2.12 bits per heavy atom. The number of rotatable bonds is 8. The first kappa shape index (κ1) is 15.3. The van der Waals surface area contributed by atoms with Crippen LogP contribution in [0.4, 0.5) is 0 Å². The van der Waals surface area contributed by atoms with Crippen molar-refractivity contribution in [1.82, 2.24) is 5.32 Å². The Morgan fingerprint density at radius 3 is 2.62 bits per heavy atom. The van der Waals surface area contributed by atoms with Crippen molar-refractivity contribution in [1.29, 1.82) is 0 Å². The molecule has 0 aliphatic heterocycles. The molecule has 0 bridgehead atoms. The second-order valence-corrected chi connectivity index (χ2v) is 5.92. The van der Waals surface area contributed by atoms with Gasteiger partial charge < -0.3 is 15.8 Å². The van der Waals surface area contributed by atoms with E-state index in [0.717, 1.165) is 0 Å². The number of nitrogens with two attached hydrogens (primary N) is 1. The summed E-state index contributed by atoms with van der Waals surface area (Å²) in [5, 5.41) is 2.58. The fraction of sp³-hybridized carbons (Fsp3) is 0.889. The van der Waals surface area contributed by atoms with E-state index in [-0.39, 0.29) is 11.7 Å². The number of carbonyl (C=O) groups excluding carboxylic acids is 1. The average molecular weight is 252 g/mol. The molecule has 0 aliphatic rings. The van der Waals surface area contributed by atoms with E-state index in [1.54, 1.807) is 0 Å². The fourth-order valence-corrected chi connectivity index (χ4v) is 1.72. The Hall–Kier alpha value is -0.660. The molecule has 1 unspecified atom stereocenters. The summed E-state index contributed by atoms with van der Waals surface area (Å²) in [5.41, 5.74) is 5.56. The number of amides is 1. The van der Waals surface area contributed by atoms with E-state index >= 15 is 0 Å². The molecule has 0 saturated heterocycles. The number of sulfone groups is 1. The lowest BCUT2D eigenvalue weighted by atomic mass is 10.2. The van der Waals surface area contributed by atoms with Crippen molar-refractivity contribution in [2.24, 2.45) is 5.73 Å². The quantitative estimate of drug-likeness (QED) is 0.534. The van der Waals surface area contributed by atoms with E-state index in [1.165, 1.54) is 13.4 Å². The largest absolute Gasteiger partial charge is 0.385 e. The van der Waals surface area contributed by atoms with Crippen LogP contribution in [0.3, 0.4) is 0 Å². The highest BCUT2D eigenvalue weighted by molar-refractivity contribution is 7.90. The average Bonchev–Trinajstić information content (AvgIpc) is 2.19. The van der Waals surface area contributed by atoms with E-state index in [9.17, 15) is 13.2 Å². The highest BCUT2D eigenvalue weighted by Crippen LogP contribution is 1.91. The molecule has 0 radical (unpaired) electrons. The van der Waals surface area contributed by atoms with Gasteiger partial charge in [-0.25, -0.2) is 8.42 Å². The van der Waals surface area contributed by atoms with Crippen LogP contribution in [0.1, 0.15) is 12.8 Å². The van der Waals surface area contributed by atoms with Crippen molar-refractivity contribution < 1.29 is 17.9 Å². The van der Waals surface area contributed by atoms with E-state index in [0.29, 0.717) is 26.0 Å². The maximum Gasteiger partial charge on any atom is 0.237 e. The first-order chi connectivity index (χ1) is 7.37. The van der Waals surface area contributed by atoms with Crippen LogP contribution >= 0.6 is 0 Å². The van der Waals surface area contributed by atoms with Gasteiger partial charge in [0.2, 0.25) is 5.91 Å².